The van der Waals surface area contributed by atoms with E-state index >= 15 is 0 Å². The van der Waals surface area contributed by atoms with Crippen LogP contribution in [0.3, 0.4) is 0 Å². The molecule has 0 unspecified atom stereocenters. The van der Waals surface area contributed by atoms with Crippen molar-refractivity contribution in [2.45, 2.75) is 19.4 Å². The minimum atomic E-state index is 0.656. The molecule has 0 amide bonds. The summed E-state index contributed by atoms with van der Waals surface area (Å²) in [5, 5.41) is 0. The number of fused-ring (bicyclic) bond motifs is 1. The Bertz CT molecular complexity index is 612. The van der Waals surface area contributed by atoms with Crippen LogP contribution < -0.4 is 10.5 Å². The second-order valence-electron chi connectivity index (χ2n) is 5.79. The lowest BCUT2D eigenvalue weighted by Gasteiger charge is -2.28. The summed E-state index contributed by atoms with van der Waals surface area (Å²) >= 11 is 0. The highest BCUT2D eigenvalue weighted by Crippen LogP contribution is 2.20. The average molecular weight is 296 g/mol. The van der Waals surface area contributed by atoms with Crippen molar-refractivity contribution >= 4 is 0 Å². The zero-order chi connectivity index (χ0) is 15.2. The van der Waals surface area contributed by atoms with Gasteiger partial charge < -0.3 is 10.5 Å². The Kier molecular flexibility index (Phi) is 5.09. The quantitative estimate of drug-likeness (QED) is 0.890. The molecule has 0 saturated carbocycles. The molecule has 0 fully saturated rings. The van der Waals surface area contributed by atoms with E-state index in [1.54, 1.807) is 0 Å². The number of nitrogens with two attached hydrogens (primary N) is 1. The zero-order valence-electron chi connectivity index (χ0n) is 13.0. The predicted molar refractivity (Wildman–Crippen MR) is 90.1 cm³/mol. The van der Waals surface area contributed by atoms with Crippen LogP contribution in [0.1, 0.15) is 16.7 Å². The smallest absolute Gasteiger partial charge is 0.122 e. The molecule has 3 nitrogen and oxygen atoms in total. The van der Waals surface area contributed by atoms with E-state index in [0.29, 0.717) is 6.54 Å². The molecule has 0 aliphatic carbocycles. The molecule has 1 aliphatic rings. The third-order valence-electron chi connectivity index (χ3n) is 4.26. The summed E-state index contributed by atoms with van der Waals surface area (Å²) in [4.78, 5) is 2.47. The van der Waals surface area contributed by atoms with Crippen molar-refractivity contribution in [2.24, 2.45) is 5.73 Å². The van der Waals surface area contributed by atoms with E-state index in [1.807, 2.05) is 18.2 Å². The topological polar surface area (TPSA) is 38.5 Å². The fourth-order valence-corrected chi connectivity index (χ4v) is 3.04. The maximum Gasteiger partial charge on any atom is 0.122 e. The Balaban J connectivity index is 1.52. The monoisotopic (exact) mass is 296 g/mol. The first kappa shape index (κ1) is 15.1. The van der Waals surface area contributed by atoms with Gasteiger partial charge >= 0.3 is 0 Å². The van der Waals surface area contributed by atoms with Crippen LogP contribution in [-0.4, -0.2) is 31.1 Å². The molecule has 0 aromatic heterocycles. The van der Waals surface area contributed by atoms with E-state index in [1.165, 1.54) is 16.7 Å². The molecule has 3 heteroatoms. The Labute approximate surface area is 132 Å². The van der Waals surface area contributed by atoms with Crippen molar-refractivity contribution < 1.29 is 4.74 Å². The van der Waals surface area contributed by atoms with Gasteiger partial charge in [0.2, 0.25) is 0 Å². The molecule has 1 aliphatic heterocycles. The van der Waals surface area contributed by atoms with Gasteiger partial charge in [0.1, 0.15) is 12.4 Å². The second-order valence-corrected chi connectivity index (χ2v) is 5.79. The molecule has 3 rings (SSSR count). The Morgan fingerprint density at radius 3 is 2.64 bits per heavy atom. The van der Waals surface area contributed by atoms with Crippen molar-refractivity contribution in [1.82, 2.24) is 4.90 Å². The molecule has 2 aromatic rings. The third-order valence-corrected chi connectivity index (χ3v) is 4.26. The van der Waals surface area contributed by atoms with Crippen LogP contribution in [0, 0.1) is 0 Å². The van der Waals surface area contributed by atoms with Gasteiger partial charge in [-0.2, -0.15) is 0 Å². The van der Waals surface area contributed by atoms with E-state index < -0.39 is 0 Å². The highest BCUT2D eigenvalue weighted by molar-refractivity contribution is 5.33. The molecule has 116 valence electrons. The van der Waals surface area contributed by atoms with Gasteiger partial charge in [-0.05, 0) is 42.1 Å². The van der Waals surface area contributed by atoms with Gasteiger partial charge in [0.15, 0.2) is 0 Å². The molecular formula is C19H24N2O. The van der Waals surface area contributed by atoms with E-state index in [0.717, 1.165) is 44.8 Å². The first-order chi connectivity index (χ1) is 10.9. The van der Waals surface area contributed by atoms with Crippen LogP contribution in [0.25, 0.3) is 0 Å². The minimum absolute atomic E-state index is 0.656. The Morgan fingerprint density at radius 2 is 1.77 bits per heavy atom. The molecule has 22 heavy (non-hydrogen) atoms. The average Bonchev–Trinajstić information content (AvgIpc) is 2.56. The zero-order valence-corrected chi connectivity index (χ0v) is 13.0. The van der Waals surface area contributed by atoms with Gasteiger partial charge in [0.05, 0.1) is 0 Å². The summed E-state index contributed by atoms with van der Waals surface area (Å²) in [6, 6.07) is 16.9. The van der Waals surface area contributed by atoms with Crippen molar-refractivity contribution in [3.63, 3.8) is 0 Å². The molecule has 0 bridgehead atoms. The number of rotatable bonds is 6. The maximum absolute atomic E-state index is 5.98. The van der Waals surface area contributed by atoms with Gasteiger partial charge in [-0.25, -0.2) is 0 Å². The molecule has 0 saturated heterocycles. The third kappa shape index (κ3) is 3.67. The molecule has 0 atom stereocenters. The summed E-state index contributed by atoms with van der Waals surface area (Å²) in [7, 11) is 0. The number of ether oxygens (including phenoxy) is 1. The number of para-hydroxylation sites is 1. The van der Waals surface area contributed by atoms with E-state index in [2.05, 4.69) is 35.2 Å². The van der Waals surface area contributed by atoms with E-state index in [-0.39, 0.29) is 0 Å². The number of benzene rings is 2. The lowest BCUT2D eigenvalue weighted by atomic mass is 10.0. The molecular weight excluding hydrogens is 272 g/mol. The van der Waals surface area contributed by atoms with E-state index in [4.69, 9.17) is 10.5 Å². The number of hydrogen-bond acceptors (Lipinski definition) is 3. The fourth-order valence-electron chi connectivity index (χ4n) is 3.04. The Hall–Kier alpha value is -1.84. The van der Waals surface area contributed by atoms with Gasteiger partial charge in [-0.1, -0.05) is 42.5 Å². The van der Waals surface area contributed by atoms with Crippen molar-refractivity contribution in [3.8, 4) is 5.75 Å². The highest BCUT2D eigenvalue weighted by Gasteiger charge is 2.15. The Morgan fingerprint density at radius 1 is 1.00 bits per heavy atom. The molecule has 0 spiro atoms. The van der Waals surface area contributed by atoms with Crippen LogP contribution in [0.4, 0.5) is 0 Å². The van der Waals surface area contributed by atoms with Gasteiger partial charge in [0.25, 0.3) is 0 Å². The standard InChI is InChI=1S/C19H24N2O/c20-11-9-17-6-3-4-8-19(17)22-14-13-21-12-10-16-5-1-2-7-18(16)15-21/h1-8H,9-15,20H2. The largest absolute Gasteiger partial charge is 0.492 e. The summed E-state index contributed by atoms with van der Waals surface area (Å²) in [6.45, 7) is 4.49. The number of nitrogens with zero attached hydrogens (tertiary/aromatic N) is 1. The summed E-state index contributed by atoms with van der Waals surface area (Å²) in [6.07, 6.45) is 2.01. The van der Waals surface area contributed by atoms with Crippen molar-refractivity contribution in [1.29, 1.82) is 0 Å². The second kappa shape index (κ2) is 7.43. The summed E-state index contributed by atoms with van der Waals surface area (Å²) < 4.78 is 5.98. The maximum atomic E-state index is 5.98. The molecule has 2 aromatic carbocycles. The van der Waals surface area contributed by atoms with E-state index in [9.17, 15) is 0 Å². The van der Waals surface area contributed by atoms with Crippen LogP contribution >= 0.6 is 0 Å². The molecule has 2 N–H and O–H groups in total. The van der Waals surface area contributed by atoms with Gasteiger partial charge in [0, 0.05) is 19.6 Å². The normalized spacial score (nSPS) is 14.6. The summed E-state index contributed by atoms with van der Waals surface area (Å²) in [5.74, 6) is 0.977. The van der Waals surface area contributed by atoms with Crippen LogP contribution in [0.5, 0.6) is 5.75 Å². The highest BCUT2D eigenvalue weighted by atomic mass is 16.5. The first-order valence-electron chi connectivity index (χ1n) is 8.07. The van der Waals surface area contributed by atoms with Crippen molar-refractivity contribution in [2.75, 3.05) is 26.2 Å². The summed E-state index contributed by atoms with van der Waals surface area (Å²) in [5.41, 5.74) is 9.81. The van der Waals surface area contributed by atoms with Crippen LogP contribution in [0.15, 0.2) is 48.5 Å². The number of hydrogen-bond donors (Lipinski definition) is 1. The lowest BCUT2D eigenvalue weighted by Crippen LogP contribution is -2.33. The molecule has 1 heterocycles. The SMILES string of the molecule is NCCc1ccccc1OCCN1CCc2ccccc2C1. The predicted octanol–water partition coefficient (Wildman–Crippen LogP) is 2.62. The van der Waals surface area contributed by atoms with Crippen molar-refractivity contribution in [3.05, 3.63) is 65.2 Å². The van der Waals surface area contributed by atoms with Gasteiger partial charge in [-0.15, -0.1) is 0 Å². The molecule has 0 radical (unpaired) electrons. The van der Waals surface area contributed by atoms with Crippen LogP contribution in [0.2, 0.25) is 0 Å². The van der Waals surface area contributed by atoms with Gasteiger partial charge in [-0.3, -0.25) is 4.90 Å². The fraction of sp³-hybridized carbons (Fsp3) is 0.368. The lowest BCUT2D eigenvalue weighted by molar-refractivity contribution is 0.195. The first-order valence-corrected chi connectivity index (χ1v) is 8.07. The van der Waals surface area contributed by atoms with Crippen LogP contribution in [-0.2, 0) is 19.4 Å². The minimum Gasteiger partial charge on any atom is -0.492 e.